The van der Waals surface area contributed by atoms with Crippen molar-refractivity contribution in [1.29, 1.82) is 0 Å². The van der Waals surface area contributed by atoms with Crippen molar-refractivity contribution in [1.82, 2.24) is 0 Å². The Balaban J connectivity index is 2.28. The number of hydrogen-bond donors (Lipinski definition) is 1. The van der Waals surface area contributed by atoms with Crippen molar-refractivity contribution in [2.45, 2.75) is 19.1 Å². The lowest BCUT2D eigenvalue weighted by molar-refractivity contribution is 0.180. The fourth-order valence-corrected chi connectivity index (χ4v) is 2.82. The van der Waals surface area contributed by atoms with E-state index in [-0.39, 0.29) is 12.1 Å². The van der Waals surface area contributed by atoms with Gasteiger partial charge in [-0.3, -0.25) is 0 Å². The first-order valence-corrected chi connectivity index (χ1v) is 8.06. The second-order valence-corrected chi connectivity index (χ2v) is 6.76. The van der Waals surface area contributed by atoms with Gasteiger partial charge in [0.2, 0.25) is 0 Å². The largest absolute Gasteiger partial charge is 0.483 e. The molecule has 0 bridgehead atoms. The van der Waals surface area contributed by atoms with E-state index in [1.165, 1.54) is 0 Å². The lowest BCUT2D eigenvalue weighted by Gasteiger charge is -2.23. The summed E-state index contributed by atoms with van der Waals surface area (Å²) in [5.41, 5.74) is 7.06. The highest BCUT2D eigenvalue weighted by Gasteiger charge is 2.19. The molecule has 0 spiro atoms. The number of nitrogens with two attached hydrogens (primary N) is 1. The molecule has 0 saturated carbocycles. The van der Waals surface area contributed by atoms with Gasteiger partial charge in [0.15, 0.2) is 0 Å². The molecule has 20 heavy (non-hydrogen) atoms. The zero-order chi connectivity index (χ0) is 14.7. The smallest absolute Gasteiger partial charge is 0.139 e. The normalized spacial score (nSPS) is 13.8. The van der Waals surface area contributed by atoms with Gasteiger partial charge in [0.25, 0.3) is 0 Å². The Morgan fingerprint density at radius 1 is 1.05 bits per heavy atom. The summed E-state index contributed by atoms with van der Waals surface area (Å²) in [6.07, 6.45) is -0.248. The van der Waals surface area contributed by atoms with Crippen LogP contribution in [0.25, 0.3) is 0 Å². The standard InChI is InChI=1S/C15H14Br2ClNO/c1-9(19)15(10-2-4-11(16)5-3-10)20-14-7-6-12(17)8-13(14)18/h2-9,15H,19H2,1H3. The first-order valence-electron chi connectivity index (χ1n) is 6.10. The molecular formula is C15H14Br2ClNO. The summed E-state index contributed by atoms with van der Waals surface area (Å²) in [6, 6.07) is 13.3. The van der Waals surface area contributed by atoms with Gasteiger partial charge in [-0.1, -0.05) is 55.6 Å². The van der Waals surface area contributed by atoms with Gasteiger partial charge in [-0.15, -0.1) is 0 Å². The maximum Gasteiger partial charge on any atom is 0.139 e. The number of hydrogen-bond acceptors (Lipinski definition) is 2. The van der Waals surface area contributed by atoms with Gasteiger partial charge in [-0.05, 0) is 42.8 Å². The van der Waals surface area contributed by atoms with Crippen LogP contribution in [0.4, 0.5) is 0 Å². The molecule has 2 rings (SSSR count). The summed E-state index contributed by atoms with van der Waals surface area (Å²) < 4.78 is 7.93. The van der Waals surface area contributed by atoms with Crippen molar-refractivity contribution in [3.63, 3.8) is 0 Å². The molecule has 2 unspecified atom stereocenters. The Labute approximate surface area is 140 Å². The summed E-state index contributed by atoms with van der Waals surface area (Å²) in [6.45, 7) is 1.92. The SMILES string of the molecule is CC(N)C(Oc1ccc(Br)cc1Cl)c1ccc(Br)cc1. The molecule has 0 aliphatic rings. The second kappa shape index (κ2) is 6.94. The van der Waals surface area contributed by atoms with Crippen molar-refractivity contribution >= 4 is 43.5 Å². The van der Waals surface area contributed by atoms with Crippen molar-refractivity contribution in [3.05, 3.63) is 62.0 Å². The molecule has 2 N–H and O–H groups in total. The van der Waals surface area contributed by atoms with Crippen molar-refractivity contribution in [2.24, 2.45) is 5.73 Å². The third-order valence-electron chi connectivity index (χ3n) is 2.82. The van der Waals surface area contributed by atoms with Crippen LogP contribution in [0.5, 0.6) is 5.75 Å². The Kier molecular flexibility index (Phi) is 5.49. The quantitative estimate of drug-likeness (QED) is 0.727. The van der Waals surface area contributed by atoms with Gasteiger partial charge in [0.05, 0.1) is 5.02 Å². The topological polar surface area (TPSA) is 35.2 Å². The second-order valence-electron chi connectivity index (χ2n) is 4.52. The fourth-order valence-electron chi connectivity index (χ4n) is 1.84. The maximum atomic E-state index is 6.19. The van der Waals surface area contributed by atoms with Crippen LogP contribution >= 0.6 is 43.5 Å². The third kappa shape index (κ3) is 3.98. The monoisotopic (exact) mass is 417 g/mol. The van der Waals surface area contributed by atoms with Crippen LogP contribution in [-0.4, -0.2) is 6.04 Å². The molecular weight excluding hydrogens is 405 g/mol. The van der Waals surface area contributed by atoms with Crippen molar-refractivity contribution < 1.29 is 4.74 Å². The minimum absolute atomic E-state index is 0.157. The maximum absolute atomic E-state index is 6.19. The third-order valence-corrected chi connectivity index (χ3v) is 4.14. The first kappa shape index (κ1) is 15.8. The molecule has 0 heterocycles. The summed E-state index contributed by atoms with van der Waals surface area (Å²) in [5.74, 6) is 0.625. The Morgan fingerprint density at radius 3 is 2.20 bits per heavy atom. The van der Waals surface area contributed by atoms with E-state index in [9.17, 15) is 0 Å². The van der Waals surface area contributed by atoms with Crippen LogP contribution in [0.3, 0.4) is 0 Å². The van der Waals surface area contributed by atoms with E-state index in [4.69, 9.17) is 22.1 Å². The van der Waals surface area contributed by atoms with Crippen LogP contribution in [0, 0.1) is 0 Å². The Hall–Kier alpha value is -0.550. The highest BCUT2D eigenvalue weighted by molar-refractivity contribution is 9.10. The van der Waals surface area contributed by atoms with Crippen molar-refractivity contribution in [3.8, 4) is 5.75 Å². The zero-order valence-corrected chi connectivity index (χ0v) is 14.7. The van der Waals surface area contributed by atoms with E-state index >= 15 is 0 Å². The Bertz CT molecular complexity index is 587. The molecule has 2 nitrogen and oxygen atoms in total. The van der Waals surface area contributed by atoms with Gasteiger partial charge < -0.3 is 10.5 Å². The number of rotatable bonds is 4. The zero-order valence-electron chi connectivity index (χ0n) is 10.8. The minimum Gasteiger partial charge on any atom is -0.483 e. The van der Waals surface area contributed by atoms with E-state index in [1.54, 1.807) is 6.07 Å². The number of benzene rings is 2. The van der Waals surface area contributed by atoms with Gasteiger partial charge in [0.1, 0.15) is 11.9 Å². The summed E-state index contributed by atoms with van der Waals surface area (Å²) in [5, 5.41) is 0.558. The number of halogens is 3. The molecule has 2 aromatic rings. The molecule has 0 aliphatic carbocycles. The highest BCUT2D eigenvalue weighted by atomic mass is 79.9. The van der Waals surface area contributed by atoms with Gasteiger partial charge in [0, 0.05) is 15.0 Å². The Morgan fingerprint density at radius 2 is 1.65 bits per heavy atom. The molecule has 0 fully saturated rings. The van der Waals surface area contributed by atoms with Crippen molar-refractivity contribution in [2.75, 3.05) is 0 Å². The number of ether oxygens (including phenoxy) is 1. The predicted molar refractivity (Wildman–Crippen MR) is 90.3 cm³/mol. The molecule has 2 aromatic carbocycles. The lowest BCUT2D eigenvalue weighted by atomic mass is 10.0. The molecule has 106 valence electrons. The first-order chi connectivity index (χ1) is 9.47. The summed E-state index contributed by atoms with van der Waals surface area (Å²) >= 11 is 13.0. The molecule has 0 radical (unpaired) electrons. The van der Waals surface area contributed by atoms with E-state index in [0.717, 1.165) is 14.5 Å². The van der Waals surface area contributed by atoms with E-state index in [1.807, 2.05) is 43.3 Å². The predicted octanol–water partition coefficient (Wildman–Crippen LogP) is 5.33. The van der Waals surface area contributed by atoms with E-state index < -0.39 is 0 Å². The average molecular weight is 420 g/mol. The molecule has 0 amide bonds. The summed E-state index contributed by atoms with van der Waals surface area (Å²) in [7, 11) is 0. The minimum atomic E-state index is -0.248. The van der Waals surface area contributed by atoms with E-state index in [0.29, 0.717) is 10.8 Å². The van der Waals surface area contributed by atoms with Gasteiger partial charge in [-0.25, -0.2) is 0 Å². The van der Waals surface area contributed by atoms with Crippen LogP contribution in [0.15, 0.2) is 51.4 Å². The molecule has 0 saturated heterocycles. The average Bonchev–Trinajstić information content (AvgIpc) is 2.39. The van der Waals surface area contributed by atoms with Gasteiger partial charge >= 0.3 is 0 Å². The van der Waals surface area contributed by atoms with E-state index in [2.05, 4.69) is 31.9 Å². The molecule has 5 heteroatoms. The van der Waals surface area contributed by atoms with Crippen LogP contribution in [0.2, 0.25) is 5.02 Å². The molecule has 2 atom stereocenters. The van der Waals surface area contributed by atoms with Crippen LogP contribution in [0.1, 0.15) is 18.6 Å². The molecule has 0 aliphatic heterocycles. The van der Waals surface area contributed by atoms with Crippen LogP contribution in [-0.2, 0) is 0 Å². The highest BCUT2D eigenvalue weighted by Crippen LogP contribution is 2.32. The summed E-state index contributed by atoms with van der Waals surface area (Å²) in [4.78, 5) is 0. The molecule has 0 aromatic heterocycles. The fraction of sp³-hybridized carbons (Fsp3) is 0.200. The van der Waals surface area contributed by atoms with Gasteiger partial charge in [-0.2, -0.15) is 0 Å². The lowest BCUT2D eigenvalue weighted by Crippen LogP contribution is -2.29. The van der Waals surface area contributed by atoms with Crippen LogP contribution < -0.4 is 10.5 Å².